The van der Waals surface area contributed by atoms with E-state index in [-0.39, 0.29) is 29.4 Å². The zero-order valence-corrected chi connectivity index (χ0v) is 12.0. The van der Waals surface area contributed by atoms with Crippen LogP contribution in [0.1, 0.15) is 19.1 Å². The van der Waals surface area contributed by atoms with Gasteiger partial charge in [-0.15, -0.1) is 0 Å². The van der Waals surface area contributed by atoms with Crippen molar-refractivity contribution in [2.24, 2.45) is 0 Å². The Morgan fingerprint density at radius 3 is 3.30 bits per heavy atom. The van der Waals surface area contributed by atoms with Crippen LogP contribution in [-0.2, 0) is 9.26 Å². The fraction of sp³-hybridized carbons (Fsp3) is 0.545. The maximum absolute atomic E-state index is 11.7. The number of ether oxygens (including phenoxy) is 1. The lowest BCUT2D eigenvalue weighted by atomic mass is 10.2. The molecule has 108 valence electrons. The highest BCUT2D eigenvalue weighted by molar-refractivity contribution is 7.31. The number of nitrogens with two attached hydrogens (primary N) is 1. The molecule has 0 bridgehead atoms. The van der Waals surface area contributed by atoms with Gasteiger partial charge >= 0.3 is 0 Å². The first-order valence-electron chi connectivity index (χ1n) is 6.35. The largest absolute Gasteiger partial charge is 0.369 e. The van der Waals surface area contributed by atoms with Gasteiger partial charge in [0.05, 0.1) is 19.0 Å². The number of nitrogens with one attached hydrogen (secondary N) is 1. The summed E-state index contributed by atoms with van der Waals surface area (Å²) in [5, 5.41) is 0. The topological polar surface area (TPSA) is 108 Å². The molecule has 1 aliphatic rings. The van der Waals surface area contributed by atoms with E-state index >= 15 is 0 Å². The summed E-state index contributed by atoms with van der Waals surface area (Å²) in [6, 6.07) is 0. The number of rotatable bonds is 4. The van der Waals surface area contributed by atoms with Gasteiger partial charge < -0.3 is 15.0 Å². The summed E-state index contributed by atoms with van der Waals surface area (Å²) in [4.78, 5) is 22.4. The average molecular weight is 297 g/mol. The Hall–Kier alpha value is -1.50. The second-order valence-corrected chi connectivity index (χ2v) is 5.28. The van der Waals surface area contributed by atoms with E-state index in [1.165, 1.54) is 0 Å². The van der Waals surface area contributed by atoms with E-state index in [1.54, 1.807) is 10.9 Å². The SMILES string of the molecule is CPOC[C@@H]1CC[C@H](n2cnc3c(=O)[nH]c(N)nc32)O1. The molecule has 3 atom stereocenters. The fourth-order valence-corrected chi connectivity index (χ4v) is 2.70. The van der Waals surface area contributed by atoms with Gasteiger partial charge in [0.1, 0.15) is 6.23 Å². The highest BCUT2D eigenvalue weighted by Gasteiger charge is 2.28. The Bertz CT molecular complexity index is 670. The van der Waals surface area contributed by atoms with E-state index in [9.17, 15) is 4.79 Å². The van der Waals surface area contributed by atoms with Crippen LogP contribution in [0.3, 0.4) is 0 Å². The lowest BCUT2D eigenvalue weighted by Gasteiger charge is -2.15. The van der Waals surface area contributed by atoms with Crippen LogP contribution in [0.25, 0.3) is 11.2 Å². The number of imidazole rings is 1. The van der Waals surface area contributed by atoms with Gasteiger partial charge in [-0.2, -0.15) is 4.98 Å². The van der Waals surface area contributed by atoms with Gasteiger partial charge in [0.2, 0.25) is 5.95 Å². The summed E-state index contributed by atoms with van der Waals surface area (Å²) in [6.07, 6.45) is 3.21. The third-order valence-electron chi connectivity index (χ3n) is 3.26. The number of hydrogen-bond acceptors (Lipinski definition) is 6. The number of hydrogen-bond donors (Lipinski definition) is 2. The monoisotopic (exact) mass is 297 g/mol. The number of fused-ring (bicyclic) bond motifs is 1. The normalized spacial score (nSPS) is 23.2. The number of nitrogen functional groups attached to an aromatic ring is 1. The molecule has 0 radical (unpaired) electrons. The molecule has 3 heterocycles. The Balaban J connectivity index is 1.87. The van der Waals surface area contributed by atoms with Gasteiger partial charge in [-0.25, -0.2) is 4.98 Å². The van der Waals surface area contributed by atoms with E-state index in [0.29, 0.717) is 21.1 Å². The summed E-state index contributed by atoms with van der Waals surface area (Å²) in [7, 11) is 0.457. The molecule has 1 aliphatic heterocycles. The molecular weight excluding hydrogens is 281 g/mol. The number of H-pyrrole nitrogens is 1. The lowest BCUT2D eigenvalue weighted by Crippen LogP contribution is -2.16. The van der Waals surface area contributed by atoms with Crippen molar-refractivity contribution >= 4 is 25.9 Å². The number of anilines is 1. The first-order valence-corrected chi connectivity index (χ1v) is 7.76. The summed E-state index contributed by atoms with van der Waals surface area (Å²) in [5.41, 5.74) is 5.97. The second-order valence-electron chi connectivity index (χ2n) is 4.58. The molecule has 0 aromatic carbocycles. The van der Waals surface area contributed by atoms with Gasteiger partial charge in [0.15, 0.2) is 11.2 Å². The minimum Gasteiger partial charge on any atom is -0.369 e. The van der Waals surface area contributed by atoms with E-state index in [0.717, 1.165) is 12.8 Å². The molecule has 2 aromatic heterocycles. The maximum Gasteiger partial charge on any atom is 0.280 e. The van der Waals surface area contributed by atoms with Crippen molar-refractivity contribution in [1.82, 2.24) is 19.5 Å². The molecule has 0 spiro atoms. The van der Waals surface area contributed by atoms with E-state index in [4.69, 9.17) is 15.0 Å². The zero-order valence-electron chi connectivity index (χ0n) is 11.0. The van der Waals surface area contributed by atoms with Gasteiger partial charge in [0.25, 0.3) is 5.56 Å². The fourth-order valence-electron chi connectivity index (χ4n) is 2.34. The van der Waals surface area contributed by atoms with E-state index in [2.05, 4.69) is 15.0 Å². The highest BCUT2D eigenvalue weighted by atomic mass is 31.1. The number of aromatic amines is 1. The quantitative estimate of drug-likeness (QED) is 0.801. The van der Waals surface area contributed by atoms with Crippen molar-refractivity contribution in [2.45, 2.75) is 25.2 Å². The molecule has 3 rings (SSSR count). The van der Waals surface area contributed by atoms with Crippen LogP contribution >= 0.6 is 8.81 Å². The van der Waals surface area contributed by atoms with Gasteiger partial charge in [0, 0.05) is 8.81 Å². The van der Waals surface area contributed by atoms with Crippen molar-refractivity contribution in [3.63, 3.8) is 0 Å². The van der Waals surface area contributed by atoms with Crippen LogP contribution < -0.4 is 11.3 Å². The third-order valence-corrected chi connectivity index (χ3v) is 3.71. The third kappa shape index (κ3) is 2.42. The van der Waals surface area contributed by atoms with Crippen molar-refractivity contribution in [3.05, 3.63) is 16.7 Å². The smallest absolute Gasteiger partial charge is 0.280 e. The molecule has 3 N–H and O–H groups in total. The highest BCUT2D eigenvalue weighted by Crippen LogP contribution is 2.30. The maximum atomic E-state index is 11.7. The Morgan fingerprint density at radius 2 is 2.50 bits per heavy atom. The summed E-state index contributed by atoms with van der Waals surface area (Å²) in [6.45, 7) is 2.57. The number of nitrogens with zero attached hydrogens (tertiary/aromatic N) is 3. The molecular formula is C11H16N5O3P. The summed E-state index contributed by atoms with van der Waals surface area (Å²) in [5.74, 6) is 0.0781. The molecule has 0 aliphatic carbocycles. The molecule has 1 fully saturated rings. The van der Waals surface area contributed by atoms with Crippen LogP contribution in [0.2, 0.25) is 0 Å². The molecule has 2 aromatic rings. The van der Waals surface area contributed by atoms with Gasteiger partial charge in [-0.05, 0) is 19.5 Å². The van der Waals surface area contributed by atoms with Gasteiger partial charge in [-0.1, -0.05) is 0 Å². The molecule has 0 saturated carbocycles. The molecule has 1 saturated heterocycles. The Morgan fingerprint density at radius 1 is 1.65 bits per heavy atom. The first kappa shape index (κ1) is 13.5. The van der Waals surface area contributed by atoms with Crippen LogP contribution in [0, 0.1) is 0 Å². The van der Waals surface area contributed by atoms with Crippen LogP contribution in [-0.4, -0.2) is 38.9 Å². The van der Waals surface area contributed by atoms with Crippen molar-refractivity contribution in [3.8, 4) is 0 Å². The van der Waals surface area contributed by atoms with E-state index < -0.39 is 0 Å². The first-order chi connectivity index (χ1) is 9.69. The Kier molecular flexibility index (Phi) is 3.69. The minimum atomic E-state index is -0.337. The van der Waals surface area contributed by atoms with E-state index in [1.807, 2.05) is 6.66 Å². The molecule has 0 amide bonds. The predicted molar refractivity (Wildman–Crippen MR) is 75.9 cm³/mol. The van der Waals surface area contributed by atoms with Crippen molar-refractivity contribution < 1.29 is 9.26 Å². The zero-order chi connectivity index (χ0) is 14.1. The lowest BCUT2D eigenvalue weighted by molar-refractivity contribution is -0.0135. The van der Waals surface area contributed by atoms with Gasteiger partial charge in [-0.3, -0.25) is 14.3 Å². The van der Waals surface area contributed by atoms with Crippen molar-refractivity contribution in [2.75, 3.05) is 19.0 Å². The summed E-state index contributed by atoms with van der Waals surface area (Å²) >= 11 is 0. The number of aromatic nitrogens is 4. The van der Waals surface area contributed by atoms with Crippen LogP contribution in [0.5, 0.6) is 0 Å². The second kappa shape index (κ2) is 5.47. The minimum absolute atomic E-state index is 0.0734. The average Bonchev–Trinajstić information content (AvgIpc) is 3.02. The van der Waals surface area contributed by atoms with Crippen LogP contribution in [0.15, 0.2) is 11.1 Å². The molecule has 8 nitrogen and oxygen atoms in total. The van der Waals surface area contributed by atoms with Crippen molar-refractivity contribution in [1.29, 1.82) is 0 Å². The Labute approximate surface area is 116 Å². The summed E-state index contributed by atoms with van der Waals surface area (Å²) < 4.78 is 13.1. The predicted octanol–water partition coefficient (Wildman–Crippen LogP) is 0.619. The molecule has 9 heteroatoms. The molecule has 20 heavy (non-hydrogen) atoms. The van der Waals surface area contributed by atoms with Crippen LogP contribution in [0.4, 0.5) is 5.95 Å². The molecule has 1 unspecified atom stereocenters. The standard InChI is InChI=1S/C11H16N5O3P/c1-20-18-4-6-2-3-7(19-6)16-5-13-8-9(16)14-11(12)15-10(8)17/h5-7,20H,2-4H2,1H3,(H3,12,14,15,17)/t6-,7+/m0/s1.